The largest absolute Gasteiger partial charge is 0.392 e. The van der Waals surface area contributed by atoms with Crippen LogP contribution in [0, 0.1) is 5.92 Å². The highest BCUT2D eigenvalue weighted by molar-refractivity contribution is 5.87. The Morgan fingerprint density at radius 1 is 1.28 bits per heavy atom. The summed E-state index contributed by atoms with van der Waals surface area (Å²) >= 11 is 0. The van der Waals surface area contributed by atoms with Crippen LogP contribution in [0.5, 0.6) is 0 Å². The average molecular weight is 402 g/mol. The molecule has 0 unspecified atom stereocenters. The van der Waals surface area contributed by atoms with Gasteiger partial charge in [-0.15, -0.1) is 0 Å². The number of benzene rings is 1. The number of fused-ring (bicyclic) bond motifs is 1. The Kier molecular flexibility index (Phi) is 6.87. The van der Waals surface area contributed by atoms with Crippen molar-refractivity contribution in [1.29, 1.82) is 0 Å². The van der Waals surface area contributed by atoms with Crippen LogP contribution in [0.1, 0.15) is 19.0 Å². The van der Waals surface area contributed by atoms with Crippen molar-refractivity contribution < 1.29 is 19.2 Å². The minimum atomic E-state index is -0.729. The quantitative estimate of drug-likeness (QED) is 0.743. The van der Waals surface area contributed by atoms with Crippen LogP contribution in [0.15, 0.2) is 28.8 Å². The van der Waals surface area contributed by atoms with E-state index >= 15 is 0 Å². The standard InChI is InChI=1S/C21H30N4O4/c1-4-24(12-11-23(2)3)21(28)16-14-25(10-9-18(16)26)20(27)13-17-15-7-5-6-8-19(15)29-22-17/h5-8,16,18,26H,4,9-14H2,1-3H3/t16-,18+/m0/s1. The van der Waals surface area contributed by atoms with Gasteiger partial charge >= 0.3 is 0 Å². The zero-order valence-corrected chi connectivity index (χ0v) is 17.4. The summed E-state index contributed by atoms with van der Waals surface area (Å²) in [4.78, 5) is 31.3. The molecule has 2 amide bonds. The summed E-state index contributed by atoms with van der Waals surface area (Å²) in [5.74, 6) is -0.791. The Morgan fingerprint density at radius 3 is 2.76 bits per heavy atom. The maximum absolute atomic E-state index is 13.0. The van der Waals surface area contributed by atoms with Gasteiger partial charge in [0.05, 0.1) is 18.4 Å². The summed E-state index contributed by atoms with van der Waals surface area (Å²) in [5, 5.41) is 15.3. The van der Waals surface area contributed by atoms with Crippen molar-refractivity contribution in [1.82, 2.24) is 19.9 Å². The number of nitrogens with zero attached hydrogens (tertiary/aromatic N) is 4. The zero-order valence-electron chi connectivity index (χ0n) is 17.4. The molecule has 2 aromatic rings. The number of likely N-dealkylation sites (N-methyl/N-ethyl adjacent to an activating group) is 2. The first-order chi connectivity index (χ1) is 13.9. The molecule has 1 aromatic carbocycles. The van der Waals surface area contributed by atoms with E-state index in [1.165, 1.54) is 0 Å². The molecule has 1 aromatic heterocycles. The average Bonchev–Trinajstić information content (AvgIpc) is 3.11. The number of para-hydroxylation sites is 1. The molecule has 8 nitrogen and oxygen atoms in total. The van der Waals surface area contributed by atoms with Crippen LogP contribution < -0.4 is 0 Å². The van der Waals surface area contributed by atoms with Gasteiger partial charge < -0.3 is 24.3 Å². The maximum atomic E-state index is 13.0. The van der Waals surface area contributed by atoms with E-state index in [-0.39, 0.29) is 24.8 Å². The van der Waals surface area contributed by atoms with Crippen molar-refractivity contribution in [2.24, 2.45) is 5.92 Å². The molecule has 1 aliphatic heterocycles. The van der Waals surface area contributed by atoms with E-state index in [2.05, 4.69) is 5.16 Å². The van der Waals surface area contributed by atoms with E-state index in [4.69, 9.17) is 4.52 Å². The normalized spacial score (nSPS) is 19.7. The third-order valence-corrected chi connectivity index (χ3v) is 5.53. The number of piperidine rings is 1. The van der Waals surface area contributed by atoms with Gasteiger partial charge in [0.15, 0.2) is 5.58 Å². The van der Waals surface area contributed by atoms with Crippen LogP contribution in [0.4, 0.5) is 0 Å². The molecule has 0 aliphatic carbocycles. The second-order valence-electron chi connectivity index (χ2n) is 7.83. The summed E-state index contributed by atoms with van der Waals surface area (Å²) in [6.45, 7) is 4.53. The fraction of sp³-hybridized carbons (Fsp3) is 0.571. The highest BCUT2D eigenvalue weighted by Crippen LogP contribution is 2.23. The predicted octanol–water partition coefficient (Wildman–Crippen LogP) is 0.990. The fourth-order valence-corrected chi connectivity index (χ4v) is 3.71. The lowest BCUT2D eigenvalue weighted by Gasteiger charge is -2.38. The SMILES string of the molecule is CCN(CCN(C)C)C(=O)[C@H]1CN(C(=O)Cc2noc3ccccc23)CC[C@H]1O. The van der Waals surface area contributed by atoms with E-state index in [1.807, 2.05) is 50.2 Å². The molecule has 29 heavy (non-hydrogen) atoms. The fourth-order valence-electron chi connectivity index (χ4n) is 3.71. The molecule has 0 radical (unpaired) electrons. The summed E-state index contributed by atoms with van der Waals surface area (Å²) in [7, 11) is 3.92. The first-order valence-electron chi connectivity index (χ1n) is 10.1. The topological polar surface area (TPSA) is 90.1 Å². The van der Waals surface area contributed by atoms with Gasteiger partial charge in [-0.1, -0.05) is 17.3 Å². The van der Waals surface area contributed by atoms with Crippen LogP contribution in [0.2, 0.25) is 0 Å². The van der Waals surface area contributed by atoms with E-state index in [0.29, 0.717) is 37.3 Å². The monoisotopic (exact) mass is 402 g/mol. The number of aromatic nitrogens is 1. The minimum Gasteiger partial charge on any atom is -0.392 e. The molecule has 3 rings (SSSR count). The van der Waals surface area contributed by atoms with E-state index < -0.39 is 12.0 Å². The molecule has 1 aliphatic rings. The van der Waals surface area contributed by atoms with Crippen LogP contribution in [-0.2, 0) is 16.0 Å². The number of likely N-dealkylation sites (tertiary alicyclic amines) is 1. The van der Waals surface area contributed by atoms with E-state index in [0.717, 1.165) is 11.9 Å². The minimum absolute atomic E-state index is 0.0914. The number of hydrogen-bond donors (Lipinski definition) is 1. The number of aliphatic hydroxyl groups excluding tert-OH is 1. The van der Waals surface area contributed by atoms with Crippen molar-refractivity contribution in [3.8, 4) is 0 Å². The second kappa shape index (κ2) is 9.37. The molecular formula is C21H30N4O4. The van der Waals surface area contributed by atoms with Crippen molar-refractivity contribution in [3.63, 3.8) is 0 Å². The first-order valence-corrected chi connectivity index (χ1v) is 10.1. The summed E-state index contributed by atoms with van der Waals surface area (Å²) < 4.78 is 5.28. The highest BCUT2D eigenvalue weighted by Gasteiger charge is 2.37. The molecule has 8 heteroatoms. The molecule has 0 saturated carbocycles. The van der Waals surface area contributed by atoms with Crippen molar-refractivity contribution in [2.45, 2.75) is 25.9 Å². The van der Waals surface area contributed by atoms with Gasteiger partial charge in [0.25, 0.3) is 0 Å². The third kappa shape index (κ3) is 4.94. The lowest BCUT2D eigenvalue weighted by Crippen LogP contribution is -2.53. The molecule has 2 heterocycles. The van der Waals surface area contributed by atoms with Crippen LogP contribution in [0.25, 0.3) is 11.0 Å². The Balaban J connectivity index is 1.66. The van der Waals surface area contributed by atoms with Gasteiger partial charge in [-0.2, -0.15) is 0 Å². The maximum Gasteiger partial charge on any atom is 0.230 e. The second-order valence-corrected chi connectivity index (χ2v) is 7.83. The summed E-state index contributed by atoms with van der Waals surface area (Å²) in [6.07, 6.45) is -0.216. The zero-order chi connectivity index (χ0) is 21.0. The third-order valence-electron chi connectivity index (χ3n) is 5.53. The number of carbonyl (C=O) groups excluding carboxylic acids is 2. The Hall–Kier alpha value is -2.45. The number of rotatable bonds is 7. The smallest absolute Gasteiger partial charge is 0.230 e. The van der Waals surface area contributed by atoms with Crippen LogP contribution in [0.3, 0.4) is 0 Å². The molecule has 1 fully saturated rings. The number of carbonyl (C=O) groups is 2. The molecule has 1 N–H and O–H groups in total. The number of hydrogen-bond acceptors (Lipinski definition) is 6. The van der Waals surface area contributed by atoms with Crippen LogP contribution >= 0.6 is 0 Å². The van der Waals surface area contributed by atoms with E-state index in [9.17, 15) is 14.7 Å². The lowest BCUT2D eigenvalue weighted by atomic mass is 9.92. The molecule has 1 saturated heterocycles. The van der Waals surface area contributed by atoms with Crippen molar-refractivity contribution in [2.75, 3.05) is 46.8 Å². The Morgan fingerprint density at radius 2 is 2.03 bits per heavy atom. The molecule has 158 valence electrons. The molecule has 0 bridgehead atoms. The number of aliphatic hydroxyl groups is 1. The summed E-state index contributed by atoms with van der Waals surface area (Å²) in [6, 6.07) is 7.43. The van der Waals surface area contributed by atoms with Gasteiger partial charge in [-0.05, 0) is 39.6 Å². The van der Waals surface area contributed by atoms with Gasteiger partial charge in [-0.3, -0.25) is 9.59 Å². The summed E-state index contributed by atoms with van der Waals surface area (Å²) in [5.41, 5.74) is 1.25. The predicted molar refractivity (Wildman–Crippen MR) is 109 cm³/mol. The molecule has 0 spiro atoms. The highest BCUT2D eigenvalue weighted by atomic mass is 16.5. The Bertz CT molecular complexity index is 850. The molecular weight excluding hydrogens is 372 g/mol. The lowest BCUT2D eigenvalue weighted by molar-refractivity contribution is -0.146. The molecule has 2 atom stereocenters. The van der Waals surface area contributed by atoms with Gasteiger partial charge in [-0.25, -0.2) is 0 Å². The van der Waals surface area contributed by atoms with Crippen molar-refractivity contribution in [3.05, 3.63) is 30.0 Å². The number of amides is 2. The first kappa shape index (κ1) is 21.3. The van der Waals surface area contributed by atoms with Gasteiger partial charge in [0, 0.05) is 38.1 Å². The van der Waals surface area contributed by atoms with Crippen LogP contribution in [-0.4, -0.2) is 89.7 Å². The van der Waals surface area contributed by atoms with E-state index in [1.54, 1.807) is 9.80 Å². The van der Waals surface area contributed by atoms with Crippen molar-refractivity contribution >= 4 is 22.8 Å². The van der Waals surface area contributed by atoms with Gasteiger partial charge in [0.1, 0.15) is 5.69 Å². The Labute approximate surface area is 171 Å². The van der Waals surface area contributed by atoms with Gasteiger partial charge in [0.2, 0.25) is 11.8 Å².